The third kappa shape index (κ3) is 3.52. The van der Waals surface area contributed by atoms with Gasteiger partial charge in [-0.05, 0) is 30.3 Å². The van der Waals surface area contributed by atoms with Crippen LogP contribution in [0, 0.1) is 0 Å². The molecule has 0 aliphatic carbocycles. The van der Waals surface area contributed by atoms with E-state index in [4.69, 9.17) is 4.74 Å². The Morgan fingerprint density at radius 1 is 1.15 bits per heavy atom. The molecule has 1 amide bonds. The summed E-state index contributed by atoms with van der Waals surface area (Å²) in [5.74, 6) is 0.143. The third-order valence-corrected chi connectivity index (χ3v) is 3.52. The molecule has 0 unspecified atom stereocenters. The number of amides is 1. The number of ether oxygens (including phenoxy) is 1. The number of carbonyl (C=O) groups excluding carboxylic acids is 1. The highest BCUT2D eigenvalue weighted by Crippen LogP contribution is 2.27. The minimum Gasteiger partial charge on any atom is -0.507 e. The average Bonchev–Trinajstić information content (AvgIpc) is 2.40. The number of anilines is 1. The number of aromatic hydroxyl groups is 1. The van der Waals surface area contributed by atoms with Gasteiger partial charge in [0, 0.05) is 20.7 Å². The Hall–Kier alpha value is -1.53. The number of hydrogen-bond acceptors (Lipinski definition) is 3. The normalized spacial score (nSPS) is 10.2. The van der Waals surface area contributed by atoms with E-state index < -0.39 is 5.91 Å². The zero-order chi connectivity index (χ0) is 14.7. The molecule has 0 aromatic heterocycles. The number of methoxy groups -OCH3 is 1. The van der Waals surface area contributed by atoms with Crippen LogP contribution < -0.4 is 10.1 Å². The van der Waals surface area contributed by atoms with Crippen LogP contribution in [0.3, 0.4) is 0 Å². The molecule has 20 heavy (non-hydrogen) atoms. The molecule has 0 spiro atoms. The first kappa shape index (κ1) is 14.9. The summed E-state index contributed by atoms with van der Waals surface area (Å²) in [6, 6.07) is 9.90. The highest BCUT2D eigenvalue weighted by molar-refractivity contribution is 9.10. The van der Waals surface area contributed by atoms with Gasteiger partial charge in [0.25, 0.3) is 5.91 Å². The van der Waals surface area contributed by atoms with Crippen LogP contribution in [0.15, 0.2) is 45.3 Å². The van der Waals surface area contributed by atoms with E-state index in [0.29, 0.717) is 15.9 Å². The van der Waals surface area contributed by atoms with Gasteiger partial charge in [0.1, 0.15) is 11.5 Å². The quantitative estimate of drug-likeness (QED) is 0.812. The van der Waals surface area contributed by atoms with Gasteiger partial charge in [-0.2, -0.15) is 0 Å². The summed E-state index contributed by atoms with van der Waals surface area (Å²) in [5, 5.41) is 12.4. The predicted molar refractivity (Wildman–Crippen MR) is 84.5 cm³/mol. The topological polar surface area (TPSA) is 58.6 Å². The van der Waals surface area contributed by atoms with Crippen molar-refractivity contribution in [2.75, 3.05) is 12.4 Å². The Bertz CT molecular complexity index is 659. The zero-order valence-electron chi connectivity index (χ0n) is 10.5. The largest absolute Gasteiger partial charge is 0.507 e. The van der Waals surface area contributed by atoms with Crippen LogP contribution in [-0.4, -0.2) is 18.1 Å². The van der Waals surface area contributed by atoms with Crippen LogP contribution in [0.25, 0.3) is 0 Å². The van der Waals surface area contributed by atoms with Gasteiger partial charge in [-0.1, -0.05) is 31.9 Å². The fraction of sp³-hybridized carbons (Fsp3) is 0.0714. The van der Waals surface area contributed by atoms with Crippen LogP contribution in [0.4, 0.5) is 5.69 Å². The minimum atomic E-state index is -0.399. The molecule has 4 nitrogen and oxygen atoms in total. The smallest absolute Gasteiger partial charge is 0.259 e. The van der Waals surface area contributed by atoms with Gasteiger partial charge in [0.15, 0.2) is 0 Å². The number of hydrogen-bond donors (Lipinski definition) is 2. The Morgan fingerprint density at radius 3 is 2.60 bits per heavy atom. The first-order valence-corrected chi connectivity index (χ1v) is 7.22. The summed E-state index contributed by atoms with van der Waals surface area (Å²) in [6.07, 6.45) is 0. The van der Waals surface area contributed by atoms with E-state index in [1.807, 2.05) is 0 Å². The van der Waals surface area contributed by atoms with Crippen molar-refractivity contribution in [3.8, 4) is 11.5 Å². The molecule has 104 valence electrons. The van der Waals surface area contributed by atoms with Gasteiger partial charge < -0.3 is 15.2 Å². The maximum atomic E-state index is 12.1. The fourth-order valence-electron chi connectivity index (χ4n) is 1.64. The van der Waals surface area contributed by atoms with E-state index in [-0.39, 0.29) is 11.3 Å². The monoisotopic (exact) mass is 399 g/mol. The molecule has 2 aromatic carbocycles. The van der Waals surface area contributed by atoms with Crippen LogP contribution >= 0.6 is 31.9 Å². The molecule has 0 bridgehead atoms. The molecule has 2 N–H and O–H groups in total. The van der Waals surface area contributed by atoms with Crippen molar-refractivity contribution in [1.82, 2.24) is 0 Å². The van der Waals surface area contributed by atoms with Crippen molar-refractivity contribution in [3.05, 3.63) is 50.9 Å². The number of benzene rings is 2. The first-order chi connectivity index (χ1) is 9.49. The van der Waals surface area contributed by atoms with Crippen molar-refractivity contribution in [2.24, 2.45) is 0 Å². The molecule has 0 aliphatic rings. The van der Waals surface area contributed by atoms with Gasteiger partial charge in [0.2, 0.25) is 0 Å². The summed E-state index contributed by atoms with van der Waals surface area (Å²) in [5.41, 5.74) is 0.763. The zero-order valence-corrected chi connectivity index (χ0v) is 13.7. The number of nitrogens with one attached hydrogen (secondary N) is 1. The first-order valence-electron chi connectivity index (χ1n) is 5.64. The summed E-state index contributed by atoms with van der Waals surface area (Å²) in [7, 11) is 1.55. The minimum absolute atomic E-state index is 0.0762. The summed E-state index contributed by atoms with van der Waals surface area (Å²) in [6.45, 7) is 0. The Kier molecular flexibility index (Phi) is 4.67. The second-order valence-corrected chi connectivity index (χ2v) is 5.83. The Labute approximate surface area is 133 Å². The van der Waals surface area contributed by atoms with Crippen LogP contribution in [0.2, 0.25) is 0 Å². The molecular weight excluding hydrogens is 390 g/mol. The number of phenols is 1. The molecule has 2 rings (SSSR count). The molecule has 0 saturated heterocycles. The van der Waals surface area contributed by atoms with Crippen LogP contribution in [0.5, 0.6) is 11.5 Å². The molecular formula is C14H11Br2NO3. The molecule has 6 heteroatoms. The van der Waals surface area contributed by atoms with Crippen molar-refractivity contribution >= 4 is 43.5 Å². The average molecular weight is 401 g/mol. The second kappa shape index (κ2) is 6.28. The van der Waals surface area contributed by atoms with Gasteiger partial charge in [-0.3, -0.25) is 4.79 Å². The molecule has 0 saturated carbocycles. The standard InChI is InChI=1S/C14H11Br2NO3/c1-20-11-5-9(16)4-10(7-11)17-14(19)12-6-8(15)2-3-13(12)18/h2-7,18H,1H3,(H,17,19). The van der Waals surface area contributed by atoms with Gasteiger partial charge in [-0.25, -0.2) is 0 Å². The van der Waals surface area contributed by atoms with Crippen LogP contribution in [-0.2, 0) is 0 Å². The molecule has 2 aromatic rings. The molecule has 0 heterocycles. The highest BCUT2D eigenvalue weighted by Gasteiger charge is 2.12. The summed E-state index contributed by atoms with van der Waals surface area (Å²) >= 11 is 6.60. The van der Waals surface area contributed by atoms with Gasteiger partial charge in [-0.15, -0.1) is 0 Å². The van der Waals surface area contributed by atoms with Gasteiger partial charge in [0.05, 0.1) is 12.7 Å². The van der Waals surface area contributed by atoms with E-state index in [9.17, 15) is 9.90 Å². The van der Waals surface area contributed by atoms with Crippen molar-refractivity contribution in [2.45, 2.75) is 0 Å². The van der Waals surface area contributed by atoms with Crippen molar-refractivity contribution < 1.29 is 14.6 Å². The number of phenolic OH excluding ortho intramolecular Hbond substituents is 1. The molecule has 0 fully saturated rings. The maximum absolute atomic E-state index is 12.1. The molecule has 0 radical (unpaired) electrons. The second-order valence-electron chi connectivity index (χ2n) is 4.00. The summed E-state index contributed by atoms with van der Waals surface area (Å²) in [4.78, 5) is 12.1. The van der Waals surface area contributed by atoms with E-state index >= 15 is 0 Å². The fourth-order valence-corrected chi connectivity index (χ4v) is 2.47. The lowest BCUT2D eigenvalue weighted by Crippen LogP contribution is -2.12. The predicted octanol–water partition coefficient (Wildman–Crippen LogP) is 4.18. The third-order valence-electron chi connectivity index (χ3n) is 2.57. The molecule has 0 aliphatic heterocycles. The number of rotatable bonds is 3. The SMILES string of the molecule is COc1cc(Br)cc(NC(=O)c2cc(Br)ccc2O)c1. The molecule has 0 atom stereocenters. The Balaban J connectivity index is 2.27. The highest BCUT2D eigenvalue weighted by atomic mass is 79.9. The number of halogens is 2. The van der Waals surface area contributed by atoms with Gasteiger partial charge >= 0.3 is 0 Å². The van der Waals surface area contributed by atoms with Crippen LogP contribution in [0.1, 0.15) is 10.4 Å². The maximum Gasteiger partial charge on any atom is 0.259 e. The lowest BCUT2D eigenvalue weighted by Gasteiger charge is -2.09. The van der Waals surface area contributed by atoms with E-state index in [1.54, 1.807) is 37.4 Å². The van der Waals surface area contributed by atoms with E-state index in [2.05, 4.69) is 37.2 Å². The lowest BCUT2D eigenvalue weighted by atomic mass is 10.2. The van der Waals surface area contributed by atoms with E-state index in [0.717, 1.165) is 4.47 Å². The van der Waals surface area contributed by atoms with E-state index in [1.165, 1.54) is 6.07 Å². The van der Waals surface area contributed by atoms with Crippen molar-refractivity contribution in [1.29, 1.82) is 0 Å². The lowest BCUT2D eigenvalue weighted by molar-refractivity contribution is 0.102. The summed E-state index contributed by atoms with van der Waals surface area (Å²) < 4.78 is 6.63. The number of carbonyl (C=O) groups is 1. The Morgan fingerprint density at radius 2 is 1.90 bits per heavy atom. The van der Waals surface area contributed by atoms with Crippen molar-refractivity contribution in [3.63, 3.8) is 0 Å².